The molecule has 0 aliphatic rings. The quantitative estimate of drug-likeness (QED) is 0.623. The molecular weight excluding hydrogens is 374 g/mol. The van der Waals surface area contributed by atoms with E-state index in [-0.39, 0.29) is 5.91 Å². The Kier molecular flexibility index (Phi) is 6.08. The monoisotopic (exact) mass is 389 g/mol. The van der Waals surface area contributed by atoms with E-state index in [9.17, 15) is 4.79 Å². The third-order valence-electron chi connectivity index (χ3n) is 3.43. The van der Waals surface area contributed by atoms with Crippen molar-refractivity contribution in [3.63, 3.8) is 0 Å². The molecule has 0 saturated heterocycles. The molecular formula is C17H16ClN5O2S. The van der Waals surface area contributed by atoms with Crippen molar-refractivity contribution in [1.82, 2.24) is 20.2 Å². The van der Waals surface area contributed by atoms with Crippen molar-refractivity contribution in [3.05, 3.63) is 53.6 Å². The molecule has 0 aliphatic carbocycles. The lowest BCUT2D eigenvalue weighted by atomic mass is 10.3. The number of hydrogen-bond donors (Lipinski definition) is 1. The number of methoxy groups -OCH3 is 1. The molecule has 7 nitrogen and oxygen atoms in total. The van der Waals surface area contributed by atoms with Crippen LogP contribution < -0.4 is 10.1 Å². The molecule has 3 aromatic rings. The van der Waals surface area contributed by atoms with E-state index in [0.29, 0.717) is 33.8 Å². The largest absolute Gasteiger partial charge is 0.497 e. The van der Waals surface area contributed by atoms with E-state index in [4.69, 9.17) is 16.3 Å². The minimum atomic E-state index is -0.0868. The summed E-state index contributed by atoms with van der Waals surface area (Å²) in [5, 5.41) is 15.8. The van der Waals surface area contributed by atoms with E-state index in [1.165, 1.54) is 11.8 Å². The SMILES string of the molecule is COc1cccc(NC(=O)CCSc2nnnn2-c2ccc(Cl)cc2)c1. The Balaban J connectivity index is 1.54. The molecule has 0 saturated carbocycles. The molecule has 0 aliphatic heterocycles. The van der Waals surface area contributed by atoms with Crippen LogP contribution in [0.2, 0.25) is 5.02 Å². The Morgan fingerprint density at radius 3 is 2.85 bits per heavy atom. The van der Waals surface area contributed by atoms with Crippen molar-refractivity contribution in [2.45, 2.75) is 11.6 Å². The van der Waals surface area contributed by atoms with Crippen LogP contribution in [0.5, 0.6) is 5.75 Å². The third-order valence-corrected chi connectivity index (χ3v) is 4.60. The molecule has 134 valence electrons. The molecule has 9 heteroatoms. The Morgan fingerprint density at radius 2 is 2.08 bits per heavy atom. The zero-order valence-corrected chi connectivity index (χ0v) is 15.5. The van der Waals surface area contributed by atoms with Gasteiger partial charge in [0.2, 0.25) is 11.1 Å². The predicted molar refractivity (Wildman–Crippen MR) is 101 cm³/mol. The summed E-state index contributed by atoms with van der Waals surface area (Å²) in [6, 6.07) is 14.4. The number of rotatable bonds is 7. The van der Waals surface area contributed by atoms with Crippen LogP contribution in [0, 0.1) is 0 Å². The normalized spacial score (nSPS) is 10.5. The van der Waals surface area contributed by atoms with Crippen molar-refractivity contribution in [3.8, 4) is 11.4 Å². The molecule has 1 N–H and O–H groups in total. The number of benzene rings is 2. The highest BCUT2D eigenvalue weighted by Gasteiger charge is 2.10. The fraction of sp³-hybridized carbons (Fsp3) is 0.176. The number of hydrogen-bond acceptors (Lipinski definition) is 6. The van der Waals surface area contributed by atoms with Gasteiger partial charge in [0, 0.05) is 29.0 Å². The lowest BCUT2D eigenvalue weighted by Gasteiger charge is -2.07. The van der Waals surface area contributed by atoms with Crippen LogP contribution >= 0.6 is 23.4 Å². The lowest BCUT2D eigenvalue weighted by molar-refractivity contribution is -0.115. The molecule has 2 aromatic carbocycles. The fourth-order valence-electron chi connectivity index (χ4n) is 2.17. The fourth-order valence-corrected chi connectivity index (χ4v) is 3.13. The Labute approximate surface area is 159 Å². The standard InChI is InChI=1S/C17H16ClN5O2S/c1-25-15-4-2-3-13(11-15)19-16(24)9-10-26-17-20-21-22-23(17)14-7-5-12(18)6-8-14/h2-8,11H,9-10H2,1H3,(H,19,24). The molecule has 3 rings (SSSR count). The second-order valence-electron chi connectivity index (χ2n) is 5.23. The number of anilines is 1. The number of carbonyl (C=O) groups is 1. The van der Waals surface area contributed by atoms with Crippen molar-refractivity contribution in [1.29, 1.82) is 0 Å². The summed E-state index contributed by atoms with van der Waals surface area (Å²) < 4.78 is 6.75. The van der Waals surface area contributed by atoms with E-state index in [1.807, 2.05) is 30.3 Å². The first kappa shape index (κ1) is 18.2. The van der Waals surface area contributed by atoms with Gasteiger partial charge in [-0.25, -0.2) is 0 Å². The first-order valence-corrected chi connectivity index (χ1v) is 9.13. The van der Waals surface area contributed by atoms with Crippen molar-refractivity contribution in [2.24, 2.45) is 0 Å². The van der Waals surface area contributed by atoms with Crippen LogP contribution in [0.4, 0.5) is 5.69 Å². The van der Waals surface area contributed by atoms with Crippen LogP contribution in [0.15, 0.2) is 53.7 Å². The van der Waals surface area contributed by atoms with Crippen molar-refractivity contribution < 1.29 is 9.53 Å². The van der Waals surface area contributed by atoms with E-state index in [1.54, 1.807) is 30.0 Å². The molecule has 26 heavy (non-hydrogen) atoms. The second-order valence-corrected chi connectivity index (χ2v) is 6.73. The highest BCUT2D eigenvalue weighted by Crippen LogP contribution is 2.21. The van der Waals surface area contributed by atoms with Crippen LogP contribution in [0.25, 0.3) is 5.69 Å². The Hall–Kier alpha value is -2.58. The van der Waals surface area contributed by atoms with Gasteiger partial charge in [-0.1, -0.05) is 29.4 Å². The maximum Gasteiger partial charge on any atom is 0.225 e. The van der Waals surface area contributed by atoms with Gasteiger partial charge in [-0.05, 0) is 46.8 Å². The number of thioether (sulfide) groups is 1. The molecule has 0 atom stereocenters. The number of ether oxygens (including phenoxy) is 1. The van der Waals surface area contributed by atoms with E-state index >= 15 is 0 Å². The summed E-state index contributed by atoms with van der Waals surface area (Å²) >= 11 is 7.31. The average molecular weight is 390 g/mol. The van der Waals surface area contributed by atoms with E-state index in [0.717, 1.165) is 5.69 Å². The zero-order valence-electron chi connectivity index (χ0n) is 13.9. The van der Waals surface area contributed by atoms with Gasteiger partial charge in [-0.3, -0.25) is 4.79 Å². The van der Waals surface area contributed by atoms with Gasteiger partial charge in [0.15, 0.2) is 0 Å². The minimum absolute atomic E-state index is 0.0868. The number of aromatic nitrogens is 4. The number of nitrogens with one attached hydrogen (secondary N) is 1. The lowest BCUT2D eigenvalue weighted by Crippen LogP contribution is -2.12. The summed E-state index contributed by atoms with van der Waals surface area (Å²) in [5.41, 5.74) is 1.51. The third kappa shape index (κ3) is 4.74. The molecule has 0 fully saturated rings. The molecule has 1 aromatic heterocycles. The van der Waals surface area contributed by atoms with Gasteiger partial charge < -0.3 is 10.1 Å². The van der Waals surface area contributed by atoms with Gasteiger partial charge in [0.1, 0.15) is 5.75 Å². The van der Waals surface area contributed by atoms with Crippen LogP contribution in [0.3, 0.4) is 0 Å². The first-order valence-electron chi connectivity index (χ1n) is 7.77. The number of nitrogens with zero attached hydrogens (tertiary/aromatic N) is 4. The maximum atomic E-state index is 12.1. The molecule has 0 radical (unpaired) electrons. The number of amides is 1. The molecule has 1 heterocycles. The van der Waals surface area contributed by atoms with Gasteiger partial charge in [0.25, 0.3) is 0 Å². The first-order chi connectivity index (χ1) is 12.7. The van der Waals surface area contributed by atoms with Gasteiger partial charge >= 0.3 is 0 Å². The highest BCUT2D eigenvalue weighted by atomic mass is 35.5. The van der Waals surface area contributed by atoms with E-state index < -0.39 is 0 Å². The number of carbonyl (C=O) groups excluding carboxylic acids is 1. The topological polar surface area (TPSA) is 81.9 Å². The molecule has 0 bridgehead atoms. The zero-order chi connectivity index (χ0) is 18.4. The number of halogens is 1. The Morgan fingerprint density at radius 1 is 1.27 bits per heavy atom. The summed E-state index contributed by atoms with van der Waals surface area (Å²) in [4.78, 5) is 12.1. The van der Waals surface area contributed by atoms with Gasteiger partial charge in [-0.2, -0.15) is 4.68 Å². The molecule has 0 unspecified atom stereocenters. The predicted octanol–water partition coefficient (Wildman–Crippen LogP) is 3.45. The van der Waals surface area contributed by atoms with Crippen LogP contribution in [-0.4, -0.2) is 39.0 Å². The molecule has 0 spiro atoms. The summed E-state index contributed by atoms with van der Waals surface area (Å²) in [7, 11) is 1.59. The second kappa shape index (κ2) is 8.68. The summed E-state index contributed by atoms with van der Waals surface area (Å²) in [6.07, 6.45) is 0.329. The smallest absolute Gasteiger partial charge is 0.225 e. The van der Waals surface area contributed by atoms with Gasteiger partial charge in [0.05, 0.1) is 12.8 Å². The number of tetrazole rings is 1. The van der Waals surface area contributed by atoms with Crippen LogP contribution in [-0.2, 0) is 4.79 Å². The molecule has 1 amide bonds. The van der Waals surface area contributed by atoms with Crippen molar-refractivity contribution >= 4 is 35.0 Å². The van der Waals surface area contributed by atoms with Gasteiger partial charge in [-0.15, -0.1) is 5.10 Å². The highest BCUT2D eigenvalue weighted by molar-refractivity contribution is 7.99. The minimum Gasteiger partial charge on any atom is -0.497 e. The summed E-state index contributed by atoms with van der Waals surface area (Å²) in [5.74, 6) is 1.15. The maximum absolute atomic E-state index is 12.1. The van der Waals surface area contributed by atoms with E-state index in [2.05, 4.69) is 20.8 Å². The average Bonchev–Trinajstić information content (AvgIpc) is 3.11. The van der Waals surface area contributed by atoms with Crippen LogP contribution in [0.1, 0.15) is 6.42 Å². The van der Waals surface area contributed by atoms with Crippen molar-refractivity contribution in [2.75, 3.05) is 18.2 Å². The Bertz CT molecular complexity index is 885. The summed E-state index contributed by atoms with van der Waals surface area (Å²) in [6.45, 7) is 0.